The van der Waals surface area contributed by atoms with E-state index in [-0.39, 0.29) is 0 Å². The average molecular weight is 320 g/mol. The van der Waals surface area contributed by atoms with E-state index >= 15 is 0 Å². The zero-order valence-electron chi connectivity index (χ0n) is 11.2. The summed E-state index contributed by atoms with van der Waals surface area (Å²) in [5, 5.41) is 0. The molecule has 0 heterocycles. The fourth-order valence-corrected chi connectivity index (χ4v) is 2.50. The number of benzene rings is 2. The fraction of sp³-hybridized carbons (Fsp3) is 0.250. The van der Waals surface area contributed by atoms with Crippen molar-refractivity contribution in [3.8, 4) is 5.75 Å². The number of rotatable bonds is 4. The topological polar surface area (TPSA) is 35.2 Å². The smallest absolute Gasteiger partial charge is 0.138 e. The van der Waals surface area contributed by atoms with Crippen molar-refractivity contribution in [2.24, 2.45) is 5.73 Å². The lowest BCUT2D eigenvalue weighted by atomic mass is 10.1. The van der Waals surface area contributed by atoms with Gasteiger partial charge in [0.05, 0.1) is 4.47 Å². The molecule has 0 aromatic heterocycles. The van der Waals surface area contributed by atoms with Crippen LogP contribution in [0.2, 0.25) is 0 Å². The van der Waals surface area contributed by atoms with Gasteiger partial charge in [-0.25, -0.2) is 0 Å². The summed E-state index contributed by atoms with van der Waals surface area (Å²) in [6.45, 7) is 5.22. The minimum Gasteiger partial charge on any atom is -0.487 e. The van der Waals surface area contributed by atoms with Gasteiger partial charge < -0.3 is 10.5 Å². The summed E-state index contributed by atoms with van der Waals surface area (Å²) < 4.78 is 6.90. The zero-order chi connectivity index (χ0) is 13.8. The monoisotopic (exact) mass is 319 g/mol. The van der Waals surface area contributed by atoms with Gasteiger partial charge in [0.2, 0.25) is 0 Å². The first-order chi connectivity index (χ1) is 9.11. The maximum Gasteiger partial charge on any atom is 0.138 e. The Morgan fingerprint density at radius 2 is 1.89 bits per heavy atom. The molecular weight excluding hydrogens is 302 g/mol. The van der Waals surface area contributed by atoms with E-state index < -0.39 is 0 Å². The second-order valence-electron chi connectivity index (χ2n) is 4.65. The molecule has 0 aliphatic heterocycles. The van der Waals surface area contributed by atoms with Crippen LogP contribution in [-0.4, -0.2) is 0 Å². The molecule has 0 spiro atoms. The number of hydrogen-bond donors (Lipinski definition) is 1. The lowest BCUT2D eigenvalue weighted by molar-refractivity contribution is 0.300. The highest BCUT2D eigenvalue weighted by atomic mass is 79.9. The third kappa shape index (κ3) is 3.37. The molecule has 2 N–H and O–H groups in total. The second kappa shape index (κ2) is 6.22. The van der Waals surface area contributed by atoms with Crippen molar-refractivity contribution in [3.63, 3.8) is 0 Å². The van der Waals surface area contributed by atoms with Crippen LogP contribution >= 0.6 is 15.9 Å². The molecule has 0 radical (unpaired) electrons. The molecule has 2 rings (SSSR count). The number of nitrogens with two attached hydrogens (primary N) is 1. The zero-order valence-corrected chi connectivity index (χ0v) is 12.8. The van der Waals surface area contributed by atoms with Crippen molar-refractivity contribution in [1.82, 2.24) is 0 Å². The van der Waals surface area contributed by atoms with E-state index in [1.807, 2.05) is 18.2 Å². The maximum atomic E-state index is 5.95. The lowest BCUT2D eigenvalue weighted by Gasteiger charge is -2.14. The van der Waals surface area contributed by atoms with Crippen LogP contribution in [0.1, 0.15) is 22.3 Å². The van der Waals surface area contributed by atoms with E-state index in [1.165, 1.54) is 16.7 Å². The lowest BCUT2D eigenvalue weighted by Crippen LogP contribution is -2.04. The van der Waals surface area contributed by atoms with Gasteiger partial charge in [-0.3, -0.25) is 0 Å². The molecule has 0 saturated heterocycles. The normalized spacial score (nSPS) is 10.5. The Morgan fingerprint density at radius 1 is 1.11 bits per heavy atom. The van der Waals surface area contributed by atoms with Crippen LogP contribution in [0.3, 0.4) is 0 Å². The first-order valence-corrected chi connectivity index (χ1v) is 7.07. The number of hydrogen-bond acceptors (Lipinski definition) is 2. The second-order valence-corrected chi connectivity index (χ2v) is 5.51. The standard InChI is InChI=1S/C16H18BrNO/c1-11-6-7-12(2)14(8-11)10-19-16-13(9-18)4-3-5-15(16)17/h3-8H,9-10,18H2,1-2H3. The van der Waals surface area contributed by atoms with Crippen molar-refractivity contribution in [1.29, 1.82) is 0 Å². The highest BCUT2D eigenvalue weighted by molar-refractivity contribution is 9.10. The summed E-state index contributed by atoms with van der Waals surface area (Å²) in [6.07, 6.45) is 0. The SMILES string of the molecule is Cc1ccc(C)c(COc2c(Br)cccc2CN)c1. The first-order valence-electron chi connectivity index (χ1n) is 6.28. The number of halogens is 1. The molecule has 2 nitrogen and oxygen atoms in total. The third-order valence-corrected chi connectivity index (χ3v) is 3.77. The Kier molecular flexibility index (Phi) is 4.61. The maximum absolute atomic E-state index is 5.95. The molecule has 3 heteroatoms. The number of ether oxygens (including phenoxy) is 1. The Morgan fingerprint density at radius 3 is 2.63 bits per heavy atom. The summed E-state index contributed by atoms with van der Waals surface area (Å²) >= 11 is 3.51. The minimum atomic E-state index is 0.474. The number of para-hydroxylation sites is 1. The van der Waals surface area contributed by atoms with Gasteiger partial charge in [-0.1, -0.05) is 35.9 Å². The largest absolute Gasteiger partial charge is 0.487 e. The van der Waals surface area contributed by atoms with E-state index in [4.69, 9.17) is 10.5 Å². The molecule has 2 aromatic carbocycles. The molecule has 0 bridgehead atoms. The van der Waals surface area contributed by atoms with Gasteiger partial charge in [-0.05, 0) is 47.0 Å². The van der Waals surface area contributed by atoms with Crippen molar-refractivity contribution in [2.75, 3.05) is 0 Å². The van der Waals surface area contributed by atoms with Gasteiger partial charge >= 0.3 is 0 Å². The van der Waals surface area contributed by atoms with Gasteiger partial charge in [-0.2, -0.15) is 0 Å². The van der Waals surface area contributed by atoms with Crippen LogP contribution in [0.5, 0.6) is 5.75 Å². The Bertz CT molecular complexity index is 581. The molecule has 0 aliphatic carbocycles. The average Bonchev–Trinajstić information content (AvgIpc) is 2.40. The summed E-state index contributed by atoms with van der Waals surface area (Å²) in [4.78, 5) is 0. The van der Waals surface area contributed by atoms with Crippen LogP contribution < -0.4 is 10.5 Å². The van der Waals surface area contributed by atoms with Crippen LogP contribution in [0.15, 0.2) is 40.9 Å². The van der Waals surface area contributed by atoms with Crippen LogP contribution in [0.25, 0.3) is 0 Å². The minimum absolute atomic E-state index is 0.474. The predicted molar refractivity (Wildman–Crippen MR) is 82.3 cm³/mol. The van der Waals surface area contributed by atoms with Crippen molar-refractivity contribution in [3.05, 3.63) is 63.1 Å². The highest BCUT2D eigenvalue weighted by Gasteiger charge is 2.08. The Balaban J connectivity index is 2.21. The first kappa shape index (κ1) is 14.1. The van der Waals surface area contributed by atoms with Gasteiger partial charge in [0.25, 0.3) is 0 Å². The molecule has 100 valence electrons. The molecule has 0 saturated carbocycles. The third-order valence-electron chi connectivity index (χ3n) is 3.15. The van der Waals surface area contributed by atoms with Crippen LogP contribution in [0.4, 0.5) is 0 Å². The molecule has 0 fully saturated rings. The quantitative estimate of drug-likeness (QED) is 0.920. The van der Waals surface area contributed by atoms with E-state index in [9.17, 15) is 0 Å². The number of aryl methyl sites for hydroxylation is 2. The summed E-state index contributed by atoms with van der Waals surface area (Å²) in [6, 6.07) is 12.3. The van der Waals surface area contributed by atoms with E-state index in [0.717, 1.165) is 15.8 Å². The highest BCUT2D eigenvalue weighted by Crippen LogP contribution is 2.29. The molecule has 2 aromatic rings. The fourth-order valence-electron chi connectivity index (χ4n) is 1.98. The van der Waals surface area contributed by atoms with Crippen molar-refractivity contribution < 1.29 is 4.74 Å². The van der Waals surface area contributed by atoms with E-state index in [1.54, 1.807) is 0 Å². The van der Waals surface area contributed by atoms with Crippen molar-refractivity contribution >= 4 is 15.9 Å². The summed E-state index contributed by atoms with van der Waals surface area (Å²) in [5.41, 5.74) is 10.5. The summed E-state index contributed by atoms with van der Waals surface area (Å²) in [7, 11) is 0. The van der Waals surface area contributed by atoms with Gasteiger partial charge in [0.1, 0.15) is 12.4 Å². The van der Waals surface area contributed by atoms with Crippen LogP contribution in [-0.2, 0) is 13.2 Å². The molecular formula is C16H18BrNO. The molecule has 0 atom stereocenters. The summed E-state index contributed by atoms with van der Waals surface area (Å²) in [5.74, 6) is 0.839. The van der Waals surface area contributed by atoms with Gasteiger partial charge in [0, 0.05) is 12.1 Å². The molecule has 19 heavy (non-hydrogen) atoms. The Hall–Kier alpha value is -1.32. The molecule has 0 aliphatic rings. The molecule has 0 amide bonds. The Labute approximate surface area is 122 Å². The van der Waals surface area contributed by atoms with E-state index in [0.29, 0.717) is 13.2 Å². The van der Waals surface area contributed by atoms with Gasteiger partial charge in [-0.15, -0.1) is 0 Å². The van der Waals surface area contributed by atoms with Gasteiger partial charge in [0.15, 0.2) is 0 Å². The van der Waals surface area contributed by atoms with Crippen molar-refractivity contribution in [2.45, 2.75) is 27.0 Å². The van der Waals surface area contributed by atoms with Crippen LogP contribution in [0, 0.1) is 13.8 Å². The molecule has 0 unspecified atom stereocenters. The predicted octanol–water partition coefficient (Wildman–Crippen LogP) is 4.10. The van der Waals surface area contributed by atoms with E-state index in [2.05, 4.69) is 48.0 Å².